The number of aliphatic carboxylic acids is 1. The zero-order valence-corrected chi connectivity index (χ0v) is 11.6. The quantitative estimate of drug-likeness (QED) is 0.361. The summed E-state index contributed by atoms with van der Waals surface area (Å²) < 4.78 is 0.114. The first-order chi connectivity index (χ1) is 9.61. The van der Waals surface area contributed by atoms with Crippen LogP contribution in [0, 0.1) is 0 Å². The summed E-state index contributed by atoms with van der Waals surface area (Å²) in [5.41, 5.74) is -0.420. The molecule has 0 saturated carbocycles. The normalized spacial score (nSPS) is 15.3. The van der Waals surface area contributed by atoms with Gasteiger partial charge in [0.05, 0.1) is 0 Å². The number of anilines is 1. The summed E-state index contributed by atoms with van der Waals surface area (Å²) in [6, 6.07) is 0. The van der Waals surface area contributed by atoms with E-state index in [1.54, 1.807) is 0 Å². The Hall–Kier alpha value is -1.93. The van der Waals surface area contributed by atoms with Gasteiger partial charge in [0.2, 0.25) is 12.1 Å². The zero-order chi connectivity index (χ0) is 14.5. The molecule has 0 aromatic carbocycles. The van der Waals surface area contributed by atoms with E-state index in [2.05, 4.69) is 15.5 Å². The molecule has 1 aromatic rings. The molecule has 0 atom stereocenters. The highest BCUT2D eigenvalue weighted by molar-refractivity contribution is 7.20. The number of oxime groups is 1. The van der Waals surface area contributed by atoms with Crippen molar-refractivity contribution in [1.29, 1.82) is 0 Å². The van der Waals surface area contributed by atoms with Crippen LogP contribution in [0.5, 0.6) is 0 Å². The number of aromatic nitrogens is 1. The predicted octanol–water partition coefficient (Wildman–Crippen LogP) is 1.89. The number of carbonyl (C=O) groups is 2. The van der Waals surface area contributed by atoms with E-state index in [4.69, 9.17) is 21.5 Å². The number of carboxylic acid groups (broad SMARTS) is 1. The molecule has 9 heteroatoms. The van der Waals surface area contributed by atoms with E-state index in [1.807, 2.05) is 12.2 Å². The van der Waals surface area contributed by atoms with Crippen LogP contribution in [-0.4, -0.2) is 34.3 Å². The third-order valence-electron chi connectivity index (χ3n) is 2.45. The Morgan fingerprint density at radius 3 is 2.90 bits per heavy atom. The summed E-state index contributed by atoms with van der Waals surface area (Å²) >= 11 is 6.85. The average molecular weight is 316 g/mol. The van der Waals surface area contributed by atoms with Crippen LogP contribution in [0.15, 0.2) is 17.3 Å². The van der Waals surface area contributed by atoms with Crippen molar-refractivity contribution >= 4 is 46.2 Å². The monoisotopic (exact) mass is 315 g/mol. The van der Waals surface area contributed by atoms with Crippen molar-refractivity contribution in [3.63, 3.8) is 0 Å². The molecule has 1 aliphatic rings. The lowest BCUT2D eigenvalue weighted by molar-refractivity contribution is -0.129. The molecule has 7 nitrogen and oxygen atoms in total. The van der Waals surface area contributed by atoms with Crippen molar-refractivity contribution < 1.29 is 19.5 Å². The molecule has 0 bridgehead atoms. The van der Waals surface area contributed by atoms with Crippen molar-refractivity contribution in [3.8, 4) is 0 Å². The first-order valence-corrected chi connectivity index (χ1v) is 6.80. The molecule has 1 amide bonds. The summed E-state index contributed by atoms with van der Waals surface area (Å²) in [4.78, 5) is 30.6. The van der Waals surface area contributed by atoms with Gasteiger partial charge in [-0.25, -0.2) is 9.78 Å². The van der Waals surface area contributed by atoms with Crippen LogP contribution in [0.2, 0.25) is 4.34 Å². The summed E-state index contributed by atoms with van der Waals surface area (Å²) in [6.07, 6.45) is 5.48. The fourth-order valence-corrected chi connectivity index (χ4v) is 2.55. The lowest BCUT2D eigenvalue weighted by atomic mass is 10.3. The smallest absolute Gasteiger partial charge is 0.360 e. The largest absolute Gasteiger partial charge is 0.476 e. The maximum absolute atomic E-state index is 11.2. The van der Waals surface area contributed by atoms with E-state index >= 15 is 0 Å². The topological polar surface area (TPSA) is 101 Å². The van der Waals surface area contributed by atoms with Crippen molar-refractivity contribution in [3.05, 3.63) is 22.2 Å². The number of thiazole rings is 1. The molecule has 20 heavy (non-hydrogen) atoms. The van der Waals surface area contributed by atoms with Crippen LogP contribution in [0.3, 0.4) is 0 Å². The van der Waals surface area contributed by atoms with Gasteiger partial charge in [-0.2, -0.15) is 0 Å². The molecule has 2 N–H and O–H groups in total. The maximum atomic E-state index is 11.2. The van der Waals surface area contributed by atoms with Gasteiger partial charge in [0.15, 0.2) is 5.13 Å². The fourth-order valence-electron chi connectivity index (χ4n) is 1.55. The van der Waals surface area contributed by atoms with E-state index in [9.17, 15) is 9.59 Å². The van der Waals surface area contributed by atoms with Crippen molar-refractivity contribution in [1.82, 2.24) is 4.98 Å². The Balaban J connectivity index is 2.21. The molecular formula is C11H10ClN3O4S. The molecule has 0 unspecified atom stereocenters. The van der Waals surface area contributed by atoms with E-state index < -0.39 is 11.7 Å². The van der Waals surface area contributed by atoms with Gasteiger partial charge < -0.3 is 15.3 Å². The Labute approximate surface area is 122 Å². The molecule has 0 saturated heterocycles. The minimum Gasteiger partial charge on any atom is -0.476 e. The Bertz CT molecular complexity index is 576. The third kappa shape index (κ3) is 3.34. The Morgan fingerprint density at radius 2 is 2.30 bits per heavy atom. The molecule has 2 rings (SSSR count). The number of hydrogen-bond acceptors (Lipinski definition) is 6. The van der Waals surface area contributed by atoms with Crippen LogP contribution in [0.25, 0.3) is 0 Å². The lowest BCUT2D eigenvalue weighted by Gasteiger charge is -2.07. The van der Waals surface area contributed by atoms with Crippen LogP contribution >= 0.6 is 22.9 Å². The molecule has 0 fully saturated rings. The van der Waals surface area contributed by atoms with E-state index in [1.165, 1.54) is 0 Å². The van der Waals surface area contributed by atoms with Gasteiger partial charge in [0, 0.05) is 12.8 Å². The van der Waals surface area contributed by atoms with Gasteiger partial charge in [-0.15, -0.1) is 0 Å². The van der Waals surface area contributed by atoms with Gasteiger partial charge in [0.25, 0.3) is 0 Å². The van der Waals surface area contributed by atoms with Gasteiger partial charge >= 0.3 is 5.97 Å². The van der Waals surface area contributed by atoms with Crippen LogP contribution in [0.4, 0.5) is 5.13 Å². The summed E-state index contributed by atoms with van der Waals surface area (Å²) in [5, 5.41) is 15.3. The number of nitrogens with one attached hydrogen (secondary N) is 1. The van der Waals surface area contributed by atoms with Gasteiger partial charge in [-0.05, 0) is 0 Å². The number of halogens is 1. The molecule has 0 aliphatic heterocycles. The molecule has 1 aliphatic carbocycles. The second-order valence-electron chi connectivity index (χ2n) is 3.82. The lowest BCUT2D eigenvalue weighted by Crippen LogP contribution is -2.17. The van der Waals surface area contributed by atoms with E-state index in [0.717, 1.165) is 11.3 Å². The van der Waals surface area contributed by atoms with Crippen LogP contribution in [0.1, 0.15) is 18.5 Å². The molecule has 0 radical (unpaired) electrons. The van der Waals surface area contributed by atoms with Gasteiger partial charge in [-0.3, -0.25) is 4.79 Å². The molecule has 106 valence electrons. The minimum atomic E-state index is -1.30. The summed E-state index contributed by atoms with van der Waals surface area (Å²) in [7, 11) is 0. The number of nitrogens with zero attached hydrogens (tertiary/aromatic N) is 2. The minimum absolute atomic E-state index is 0.0283. The first-order valence-electron chi connectivity index (χ1n) is 5.60. The highest BCUT2D eigenvalue weighted by Crippen LogP contribution is 2.28. The van der Waals surface area contributed by atoms with Gasteiger partial charge in [0.1, 0.15) is 16.1 Å². The zero-order valence-electron chi connectivity index (χ0n) is 10.1. The first kappa shape index (κ1) is 14.5. The highest BCUT2D eigenvalue weighted by Gasteiger charge is 2.23. The fraction of sp³-hybridized carbons (Fsp3) is 0.273. The number of amides is 1. The van der Waals surface area contributed by atoms with Crippen LogP contribution in [-0.2, 0) is 14.4 Å². The summed E-state index contributed by atoms with van der Waals surface area (Å²) in [5.74, 6) is -1.30. The molecular weight excluding hydrogens is 306 g/mol. The number of carboxylic acids is 1. The van der Waals surface area contributed by atoms with E-state index in [0.29, 0.717) is 19.3 Å². The molecule has 1 heterocycles. The van der Waals surface area contributed by atoms with Crippen molar-refractivity contribution in [2.75, 3.05) is 5.32 Å². The van der Waals surface area contributed by atoms with Crippen molar-refractivity contribution in [2.24, 2.45) is 5.16 Å². The molecule has 1 aromatic heterocycles. The van der Waals surface area contributed by atoms with E-state index in [-0.39, 0.29) is 21.3 Å². The molecule has 0 spiro atoms. The highest BCUT2D eigenvalue weighted by atomic mass is 35.5. The standard InChI is InChI=1S/C11H10ClN3O4S/c12-9-7(14-11(20-9)13-5-16)8(10(17)18)15-19-6-3-1-2-4-6/h1-2,5-6H,3-4H2,(H,17,18)(H,13,14,16). The Kier molecular flexibility index (Phi) is 4.70. The number of hydrogen-bond donors (Lipinski definition) is 2. The third-order valence-corrected chi connectivity index (χ3v) is 3.64. The summed E-state index contributed by atoms with van der Waals surface area (Å²) in [6.45, 7) is 0. The predicted molar refractivity (Wildman–Crippen MR) is 74.2 cm³/mol. The Morgan fingerprint density at radius 1 is 1.60 bits per heavy atom. The maximum Gasteiger partial charge on any atom is 0.360 e. The number of rotatable bonds is 6. The van der Waals surface area contributed by atoms with Crippen molar-refractivity contribution in [2.45, 2.75) is 18.9 Å². The number of carbonyl (C=O) groups excluding carboxylic acids is 1. The average Bonchev–Trinajstić information content (AvgIpc) is 3.01. The van der Waals surface area contributed by atoms with Crippen LogP contribution < -0.4 is 5.32 Å². The SMILES string of the molecule is O=CNc1nc(C(=NOC2CC=CC2)C(=O)O)c(Cl)s1. The second-order valence-corrected chi connectivity index (χ2v) is 5.42. The second kappa shape index (κ2) is 6.49. The van der Waals surface area contributed by atoms with Gasteiger partial charge in [-0.1, -0.05) is 40.2 Å².